The molecule has 0 saturated carbocycles. The number of unbranched alkanes of at least 4 members (excludes halogenated alkanes) is 4. The summed E-state index contributed by atoms with van der Waals surface area (Å²) in [7, 11) is 0. The minimum atomic E-state index is -0.265. The maximum absolute atomic E-state index is 11.9. The standard InChI is InChI=1S/C20H34N2O2/c1-3-5-7-14-22(15-8-6-4-2)16-9-17-24-20(23)18-10-12-19(21)13-11-18/h10-13H,3-9,14-17,21H2,1-2H3. The van der Waals surface area contributed by atoms with Gasteiger partial charge in [-0.25, -0.2) is 4.79 Å². The third kappa shape index (κ3) is 8.92. The SMILES string of the molecule is CCCCCN(CCCCC)CCCOC(=O)c1ccc(N)cc1. The molecule has 136 valence electrons. The number of esters is 1. The van der Waals surface area contributed by atoms with Crippen LogP contribution in [0.3, 0.4) is 0 Å². The molecule has 0 aliphatic carbocycles. The molecular formula is C20H34N2O2. The molecule has 2 N–H and O–H groups in total. The Bertz CT molecular complexity index is 435. The summed E-state index contributed by atoms with van der Waals surface area (Å²) < 4.78 is 5.36. The van der Waals surface area contributed by atoms with Crippen molar-refractivity contribution >= 4 is 11.7 Å². The fourth-order valence-electron chi connectivity index (χ4n) is 2.66. The average molecular weight is 335 g/mol. The van der Waals surface area contributed by atoms with Crippen LogP contribution in [0.1, 0.15) is 69.2 Å². The van der Waals surface area contributed by atoms with Gasteiger partial charge in [-0.2, -0.15) is 0 Å². The minimum Gasteiger partial charge on any atom is -0.462 e. The first-order chi connectivity index (χ1) is 11.7. The number of carbonyl (C=O) groups excluding carboxylic acids is 1. The zero-order chi connectivity index (χ0) is 17.6. The summed E-state index contributed by atoms with van der Waals surface area (Å²) in [5, 5.41) is 0. The van der Waals surface area contributed by atoms with Gasteiger partial charge < -0.3 is 15.4 Å². The van der Waals surface area contributed by atoms with Gasteiger partial charge in [0.05, 0.1) is 12.2 Å². The fraction of sp³-hybridized carbons (Fsp3) is 0.650. The topological polar surface area (TPSA) is 55.6 Å². The fourth-order valence-corrected chi connectivity index (χ4v) is 2.66. The van der Waals surface area contributed by atoms with E-state index in [2.05, 4.69) is 18.7 Å². The number of hydrogen-bond donors (Lipinski definition) is 1. The van der Waals surface area contributed by atoms with Gasteiger partial charge in [-0.1, -0.05) is 39.5 Å². The van der Waals surface area contributed by atoms with E-state index >= 15 is 0 Å². The van der Waals surface area contributed by atoms with E-state index in [1.54, 1.807) is 24.3 Å². The van der Waals surface area contributed by atoms with Crippen LogP contribution < -0.4 is 5.73 Å². The Morgan fingerprint density at radius 3 is 2.00 bits per heavy atom. The largest absolute Gasteiger partial charge is 0.462 e. The Morgan fingerprint density at radius 2 is 1.46 bits per heavy atom. The van der Waals surface area contributed by atoms with Crippen molar-refractivity contribution in [2.24, 2.45) is 0 Å². The smallest absolute Gasteiger partial charge is 0.338 e. The summed E-state index contributed by atoms with van der Waals surface area (Å²) in [4.78, 5) is 14.5. The van der Waals surface area contributed by atoms with Gasteiger partial charge in [0, 0.05) is 12.2 Å². The van der Waals surface area contributed by atoms with Gasteiger partial charge in [-0.3, -0.25) is 0 Å². The molecule has 0 saturated heterocycles. The highest BCUT2D eigenvalue weighted by atomic mass is 16.5. The van der Waals surface area contributed by atoms with Crippen LogP contribution in [0.5, 0.6) is 0 Å². The van der Waals surface area contributed by atoms with Gasteiger partial charge in [-0.15, -0.1) is 0 Å². The van der Waals surface area contributed by atoms with Crippen molar-refractivity contribution in [3.05, 3.63) is 29.8 Å². The molecule has 1 aromatic carbocycles. The number of rotatable bonds is 13. The second-order valence-corrected chi connectivity index (χ2v) is 6.37. The lowest BCUT2D eigenvalue weighted by atomic mass is 10.2. The number of anilines is 1. The van der Waals surface area contributed by atoms with Crippen molar-refractivity contribution in [3.63, 3.8) is 0 Å². The number of carbonyl (C=O) groups is 1. The van der Waals surface area contributed by atoms with Crippen LogP contribution in [-0.2, 0) is 4.74 Å². The molecule has 0 heterocycles. The molecule has 0 amide bonds. The van der Waals surface area contributed by atoms with E-state index in [4.69, 9.17) is 10.5 Å². The second-order valence-electron chi connectivity index (χ2n) is 6.37. The first-order valence-electron chi connectivity index (χ1n) is 9.42. The number of benzene rings is 1. The number of ether oxygens (including phenoxy) is 1. The molecule has 0 bridgehead atoms. The van der Waals surface area contributed by atoms with Gasteiger partial charge in [0.25, 0.3) is 0 Å². The van der Waals surface area contributed by atoms with Crippen molar-refractivity contribution in [3.8, 4) is 0 Å². The first-order valence-corrected chi connectivity index (χ1v) is 9.42. The van der Waals surface area contributed by atoms with Gasteiger partial charge >= 0.3 is 5.97 Å². The number of nitrogen functional groups attached to an aromatic ring is 1. The molecule has 0 fully saturated rings. The molecule has 0 unspecified atom stereocenters. The molecule has 0 aliphatic heterocycles. The molecule has 4 heteroatoms. The predicted octanol–water partition coefficient (Wildman–Crippen LogP) is 4.50. The molecule has 1 rings (SSSR count). The number of nitrogens with two attached hydrogens (primary N) is 1. The third-order valence-electron chi connectivity index (χ3n) is 4.15. The summed E-state index contributed by atoms with van der Waals surface area (Å²) >= 11 is 0. The Morgan fingerprint density at radius 1 is 0.917 bits per heavy atom. The molecule has 1 aromatic rings. The molecule has 0 spiro atoms. The molecule has 0 radical (unpaired) electrons. The Labute approximate surface area is 147 Å². The van der Waals surface area contributed by atoms with E-state index in [1.165, 1.54) is 38.5 Å². The first kappa shape index (κ1) is 20.5. The predicted molar refractivity (Wildman–Crippen MR) is 101 cm³/mol. The van der Waals surface area contributed by atoms with Crippen molar-refractivity contribution in [1.29, 1.82) is 0 Å². The average Bonchev–Trinajstić information content (AvgIpc) is 2.59. The summed E-state index contributed by atoms with van der Waals surface area (Å²) in [5.74, 6) is -0.265. The van der Waals surface area contributed by atoms with Gasteiger partial charge in [0.2, 0.25) is 0 Å². The zero-order valence-electron chi connectivity index (χ0n) is 15.4. The van der Waals surface area contributed by atoms with Crippen molar-refractivity contribution in [2.75, 3.05) is 32.0 Å². The monoisotopic (exact) mass is 334 g/mol. The zero-order valence-corrected chi connectivity index (χ0v) is 15.4. The lowest BCUT2D eigenvalue weighted by molar-refractivity contribution is 0.0487. The molecule has 0 atom stereocenters. The van der Waals surface area contributed by atoms with E-state index < -0.39 is 0 Å². The minimum absolute atomic E-state index is 0.265. The van der Waals surface area contributed by atoms with Crippen LogP contribution in [-0.4, -0.2) is 37.1 Å². The van der Waals surface area contributed by atoms with E-state index in [1.807, 2.05) is 0 Å². The van der Waals surface area contributed by atoms with E-state index in [9.17, 15) is 4.79 Å². The van der Waals surface area contributed by atoms with Crippen LogP contribution in [0, 0.1) is 0 Å². The highest BCUT2D eigenvalue weighted by Gasteiger charge is 2.08. The summed E-state index contributed by atoms with van der Waals surface area (Å²) in [5.41, 5.74) is 6.84. The van der Waals surface area contributed by atoms with Gasteiger partial charge in [0.1, 0.15) is 0 Å². The summed E-state index contributed by atoms with van der Waals surface area (Å²) in [6, 6.07) is 6.86. The highest BCUT2D eigenvalue weighted by Crippen LogP contribution is 2.08. The lowest BCUT2D eigenvalue weighted by Gasteiger charge is -2.22. The highest BCUT2D eigenvalue weighted by molar-refractivity contribution is 5.89. The number of hydrogen-bond acceptors (Lipinski definition) is 4. The summed E-state index contributed by atoms with van der Waals surface area (Å²) in [6.07, 6.45) is 8.48. The van der Waals surface area contributed by atoms with Crippen molar-refractivity contribution in [2.45, 2.75) is 58.8 Å². The molecule has 24 heavy (non-hydrogen) atoms. The van der Waals surface area contributed by atoms with Crippen LogP contribution in [0.2, 0.25) is 0 Å². The van der Waals surface area contributed by atoms with Crippen molar-refractivity contribution in [1.82, 2.24) is 4.90 Å². The maximum Gasteiger partial charge on any atom is 0.338 e. The van der Waals surface area contributed by atoms with Crippen molar-refractivity contribution < 1.29 is 9.53 Å². The van der Waals surface area contributed by atoms with Crippen LogP contribution in [0.25, 0.3) is 0 Å². The van der Waals surface area contributed by atoms with Crippen LogP contribution in [0.15, 0.2) is 24.3 Å². The third-order valence-corrected chi connectivity index (χ3v) is 4.15. The van der Waals surface area contributed by atoms with E-state index in [0.717, 1.165) is 26.1 Å². The Balaban J connectivity index is 2.26. The molecule has 4 nitrogen and oxygen atoms in total. The van der Waals surface area contributed by atoms with Crippen LogP contribution >= 0.6 is 0 Å². The van der Waals surface area contributed by atoms with E-state index in [0.29, 0.717) is 17.9 Å². The molecular weight excluding hydrogens is 300 g/mol. The Kier molecular flexibility index (Phi) is 10.9. The van der Waals surface area contributed by atoms with E-state index in [-0.39, 0.29) is 5.97 Å². The summed E-state index contributed by atoms with van der Waals surface area (Å²) in [6.45, 7) is 8.26. The molecule has 0 aliphatic rings. The quantitative estimate of drug-likeness (QED) is 0.328. The lowest BCUT2D eigenvalue weighted by Crippen LogP contribution is -2.28. The Hall–Kier alpha value is -1.55. The number of nitrogens with zero attached hydrogens (tertiary/aromatic N) is 1. The van der Waals surface area contributed by atoms with Crippen LogP contribution in [0.4, 0.5) is 5.69 Å². The normalized spacial score (nSPS) is 11.0. The molecule has 0 aromatic heterocycles. The maximum atomic E-state index is 11.9. The second kappa shape index (κ2) is 12.8. The van der Waals surface area contributed by atoms with Gasteiger partial charge in [-0.05, 0) is 56.6 Å². The van der Waals surface area contributed by atoms with Gasteiger partial charge in [0.15, 0.2) is 0 Å².